The Kier molecular flexibility index (Phi) is 6.18. The molecule has 0 bridgehead atoms. The van der Waals surface area contributed by atoms with Gasteiger partial charge in [0.25, 0.3) is 0 Å². The quantitative estimate of drug-likeness (QED) is 0.511. The summed E-state index contributed by atoms with van der Waals surface area (Å²) >= 11 is 5.92. The third-order valence-electron chi connectivity index (χ3n) is 6.01. The van der Waals surface area contributed by atoms with E-state index in [-0.39, 0.29) is 17.9 Å². The minimum atomic E-state index is -0.235. The molecule has 0 atom stereocenters. The van der Waals surface area contributed by atoms with Gasteiger partial charge in [-0.3, -0.25) is 4.98 Å². The largest absolute Gasteiger partial charge is 0.322 e. The van der Waals surface area contributed by atoms with Crippen molar-refractivity contribution in [2.75, 3.05) is 11.9 Å². The molecule has 1 aliphatic rings. The highest BCUT2D eigenvalue weighted by Crippen LogP contribution is 2.37. The number of hydrogen-bond donors (Lipinski definition) is 1. The van der Waals surface area contributed by atoms with Crippen LogP contribution in [0.2, 0.25) is 5.02 Å². The van der Waals surface area contributed by atoms with Gasteiger partial charge in [-0.05, 0) is 92.6 Å². The third-order valence-corrected chi connectivity index (χ3v) is 6.26. The number of urea groups is 1. The van der Waals surface area contributed by atoms with Crippen LogP contribution in [0.5, 0.6) is 0 Å². The van der Waals surface area contributed by atoms with E-state index >= 15 is 0 Å². The van der Waals surface area contributed by atoms with Gasteiger partial charge in [-0.25, -0.2) is 9.18 Å². The van der Waals surface area contributed by atoms with Crippen molar-refractivity contribution in [2.24, 2.45) is 0 Å². The average Bonchev–Trinajstić information content (AvgIpc) is 2.76. The molecule has 2 amide bonds. The van der Waals surface area contributed by atoms with Crippen LogP contribution in [0.15, 0.2) is 54.7 Å². The first kappa shape index (κ1) is 20.6. The van der Waals surface area contributed by atoms with Crippen molar-refractivity contribution < 1.29 is 9.18 Å². The molecular weight excluding hydrogens is 401 g/mol. The molecule has 0 aliphatic heterocycles. The maximum atomic E-state index is 13.8. The van der Waals surface area contributed by atoms with Crippen molar-refractivity contribution in [3.8, 4) is 0 Å². The van der Waals surface area contributed by atoms with Gasteiger partial charge in [0, 0.05) is 34.9 Å². The second-order valence-corrected chi connectivity index (χ2v) is 8.23. The molecule has 0 radical (unpaired) electrons. The van der Waals surface area contributed by atoms with E-state index in [1.807, 2.05) is 17.9 Å². The van der Waals surface area contributed by atoms with Crippen LogP contribution >= 0.6 is 11.6 Å². The molecule has 1 fully saturated rings. The van der Waals surface area contributed by atoms with E-state index in [4.69, 9.17) is 11.6 Å². The van der Waals surface area contributed by atoms with Gasteiger partial charge in [0.05, 0.1) is 5.52 Å². The van der Waals surface area contributed by atoms with Crippen LogP contribution in [0.25, 0.3) is 10.9 Å². The number of nitrogens with one attached hydrogen (secondary N) is 1. The smallest absolute Gasteiger partial charge is 0.322 e. The standard InChI is InChI=1S/C24H25ClFN3O/c1-2-29(24(30)28-19-8-5-17(25)6-9-19)20-10-3-16(4-11-20)21-13-14-27-23-12-7-18(26)15-22(21)23/h5-9,12-16,20H,2-4,10-11H2,1H3,(H,28,30)/t16-,20-. The third kappa shape index (κ3) is 4.41. The summed E-state index contributed by atoms with van der Waals surface area (Å²) < 4.78 is 13.8. The number of pyridine rings is 1. The topological polar surface area (TPSA) is 45.2 Å². The Bertz CT molecular complexity index is 1030. The predicted octanol–water partition coefficient (Wildman–Crippen LogP) is 6.61. The van der Waals surface area contributed by atoms with Crippen molar-refractivity contribution in [3.63, 3.8) is 0 Å². The minimum Gasteiger partial charge on any atom is -0.322 e. The van der Waals surface area contributed by atoms with E-state index in [1.165, 1.54) is 6.07 Å². The first-order valence-electron chi connectivity index (χ1n) is 10.4. The molecule has 1 N–H and O–H groups in total. The van der Waals surface area contributed by atoms with Crippen LogP contribution in [0, 0.1) is 5.82 Å². The first-order valence-corrected chi connectivity index (χ1v) is 10.8. The van der Waals surface area contributed by atoms with Crippen LogP contribution in [0.1, 0.15) is 44.1 Å². The summed E-state index contributed by atoms with van der Waals surface area (Å²) in [5.74, 6) is 0.119. The van der Waals surface area contributed by atoms with E-state index in [2.05, 4.69) is 10.3 Å². The monoisotopic (exact) mass is 425 g/mol. The first-order chi connectivity index (χ1) is 14.5. The van der Waals surface area contributed by atoms with E-state index < -0.39 is 0 Å². The summed E-state index contributed by atoms with van der Waals surface area (Å²) in [5.41, 5.74) is 2.72. The molecule has 0 spiro atoms. The lowest BCUT2D eigenvalue weighted by Gasteiger charge is -2.36. The summed E-state index contributed by atoms with van der Waals surface area (Å²) in [6, 6.07) is 14.0. The Morgan fingerprint density at radius 1 is 1.13 bits per heavy atom. The number of aromatic nitrogens is 1. The van der Waals surface area contributed by atoms with Crippen LogP contribution in [-0.4, -0.2) is 28.5 Å². The van der Waals surface area contributed by atoms with Crippen LogP contribution < -0.4 is 5.32 Å². The Morgan fingerprint density at radius 2 is 1.87 bits per heavy atom. The summed E-state index contributed by atoms with van der Waals surface area (Å²) in [6.07, 6.45) is 5.58. The van der Waals surface area contributed by atoms with Gasteiger partial charge in [-0.15, -0.1) is 0 Å². The Balaban J connectivity index is 1.44. The Morgan fingerprint density at radius 3 is 2.57 bits per heavy atom. The second-order valence-electron chi connectivity index (χ2n) is 7.79. The lowest BCUT2D eigenvalue weighted by atomic mass is 9.80. The average molecular weight is 426 g/mol. The summed E-state index contributed by atoms with van der Waals surface area (Å²) in [5, 5.41) is 4.51. The number of nitrogens with zero attached hydrogens (tertiary/aromatic N) is 2. The summed E-state index contributed by atoms with van der Waals surface area (Å²) in [6.45, 7) is 2.66. The minimum absolute atomic E-state index is 0.0836. The maximum Gasteiger partial charge on any atom is 0.322 e. The molecule has 0 saturated heterocycles. The van der Waals surface area contributed by atoms with Crippen LogP contribution in [0.3, 0.4) is 0 Å². The van der Waals surface area contributed by atoms with Gasteiger partial charge in [0.1, 0.15) is 5.82 Å². The van der Waals surface area contributed by atoms with Crippen LogP contribution in [-0.2, 0) is 0 Å². The van der Waals surface area contributed by atoms with Gasteiger partial charge < -0.3 is 10.2 Å². The van der Waals surface area contributed by atoms with Crippen molar-refractivity contribution >= 4 is 34.2 Å². The van der Waals surface area contributed by atoms with Gasteiger partial charge in [-0.2, -0.15) is 0 Å². The maximum absolute atomic E-state index is 13.8. The number of carbonyl (C=O) groups excluding carboxylic acids is 1. The van der Waals surface area contributed by atoms with Gasteiger partial charge in [0.2, 0.25) is 0 Å². The van der Waals surface area contributed by atoms with Crippen molar-refractivity contribution in [1.29, 1.82) is 0 Å². The van der Waals surface area contributed by atoms with E-state index in [0.29, 0.717) is 17.5 Å². The zero-order valence-corrected chi connectivity index (χ0v) is 17.7. The normalized spacial score (nSPS) is 18.9. The molecule has 1 heterocycles. The summed E-state index contributed by atoms with van der Waals surface area (Å²) in [4.78, 5) is 19.1. The lowest BCUT2D eigenvalue weighted by molar-refractivity contribution is 0.167. The fourth-order valence-corrected chi connectivity index (χ4v) is 4.62. The number of amides is 2. The molecule has 2 aromatic carbocycles. The molecular formula is C24H25ClFN3O. The predicted molar refractivity (Wildman–Crippen MR) is 120 cm³/mol. The number of hydrogen-bond acceptors (Lipinski definition) is 2. The number of rotatable bonds is 4. The number of carbonyl (C=O) groups is 1. The fraction of sp³-hybridized carbons (Fsp3) is 0.333. The molecule has 4 nitrogen and oxygen atoms in total. The SMILES string of the molecule is CCN(C(=O)Nc1ccc(Cl)cc1)[C@H]1CC[C@H](c2ccnc3ccc(F)cc32)CC1. The van der Waals surface area contributed by atoms with Crippen molar-refractivity contribution in [3.05, 3.63) is 71.1 Å². The highest BCUT2D eigenvalue weighted by Gasteiger charge is 2.29. The molecule has 156 valence electrons. The molecule has 6 heteroatoms. The van der Waals surface area contributed by atoms with E-state index in [1.54, 1.807) is 42.6 Å². The van der Waals surface area contributed by atoms with Crippen molar-refractivity contribution in [2.45, 2.75) is 44.6 Å². The van der Waals surface area contributed by atoms with Gasteiger partial charge in [-0.1, -0.05) is 11.6 Å². The Hall–Kier alpha value is -2.66. The van der Waals surface area contributed by atoms with Gasteiger partial charge >= 0.3 is 6.03 Å². The Labute approximate surface area is 181 Å². The van der Waals surface area contributed by atoms with E-state index in [0.717, 1.165) is 47.8 Å². The molecule has 1 aromatic heterocycles. The number of anilines is 1. The molecule has 1 aliphatic carbocycles. The summed E-state index contributed by atoms with van der Waals surface area (Å²) in [7, 11) is 0. The van der Waals surface area contributed by atoms with Crippen molar-refractivity contribution in [1.82, 2.24) is 9.88 Å². The molecule has 30 heavy (non-hydrogen) atoms. The van der Waals surface area contributed by atoms with Crippen LogP contribution in [0.4, 0.5) is 14.9 Å². The molecule has 0 unspecified atom stereocenters. The second kappa shape index (κ2) is 9.00. The highest BCUT2D eigenvalue weighted by atomic mass is 35.5. The fourth-order valence-electron chi connectivity index (χ4n) is 4.49. The lowest BCUT2D eigenvalue weighted by Crippen LogP contribution is -2.44. The highest BCUT2D eigenvalue weighted by molar-refractivity contribution is 6.30. The number of fused-ring (bicyclic) bond motifs is 1. The van der Waals surface area contributed by atoms with Gasteiger partial charge in [0.15, 0.2) is 0 Å². The number of benzene rings is 2. The number of halogens is 2. The molecule has 1 saturated carbocycles. The molecule has 3 aromatic rings. The van der Waals surface area contributed by atoms with E-state index in [9.17, 15) is 9.18 Å². The molecule has 4 rings (SSSR count). The zero-order valence-electron chi connectivity index (χ0n) is 16.9. The zero-order chi connectivity index (χ0) is 21.1.